The lowest BCUT2D eigenvalue weighted by Gasteiger charge is -2.16. The van der Waals surface area contributed by atoms with E-state index in [1.807, 2.05) is 37.3 Å². The van der Waals surface area contributed by atoms with Crippen LogP contribution in [-0.2, 0) is 6.42 Å². The molecule has 1 heterocycles. The monoisotopic (exact) mass is 271 g/mol. The van der Waals surface area contributed by atoms with E-state index >= 15 is 0 Å². The van der Waals surface area contributed by atoms with Crippen molar-refractivity contribution in [3.8, 4) is 5.69 Å². The average molecular weight is 271 g/mol. The first-order valence-electron chi connectivity index (χ1n) is 6.36. The summed E-state index contributed by atoms with van der Waals surface area (Å²) in [5.41, 5.74) is 0.353. The van der Waals surface area contributed by atoms with Crippen molar-refractivity contribution in [1.29, 1.82) is 0 Å². The second-order valence-electron chi connectivity index (χ2n) is 4.19. The molecule has 20 heavy (non-hydrogen) atoms. The summed E-state index contributed by atoms with van der Waals surface area (Å²) in [6, 6.07) is 9.30. The Hall–Kier alpha value is -2.47. The minimum absolute atomic E-state index is 0.207. The summed E-state index contributed by atoms with van der Waals surface area (Å²) in [4.78, 5) is 20.5. The number of nitrogens with two attached hydrogens (primary N) is 1. The van der Waals surface area contributed by atoms with Crippen LogP contribution in [0.1, 0.15) is 12.7 Å². The van der Waals surface area contributed by atoms with Gasteiger partial charge in [-0.05, 0) is 12.1 Å². The third-order valence-electron chi connectivity index (χ3n) is 2.79. The fourth-order valence-electron chi connectivity index (χ4n) is 1.86. The van der Waals surface area contributed by atoms with Crippen LogP contribution < -0.4 is 16.5 Å². The molecule has 6 nitrogen and oxygen atoms in total. The van der Waals surface area contributed by atoms with Gasteiger partial charge in [-0.15, -0.1) is 6.58 Å². The van der Waals surface area contributed by atoms with E-state index in [1.54, 1.807) is 6.08 Å². The van der Waals surface area contributed by atoms with Crippen LogP contribution in [0.2, 0.25) is 0 Å². The Morgan fingerprint density at radius 2 is 2.05 bits per heavy atom. The van der Waals surface area contributed by atoms with Gasteiger partial charge in [-0.2, -0.15) is 9.97 Å². The van der Waals surface area contributed by atoms with Crippen molar-refractivity contribution >= 4 is 5.95 Å². The van der Waals surface area contributed by atoms with Crippen LogP contribution in [-0.4, -0.2) is 21.1 Å². The fraction of sp³-hybridized carbons (Fsp3) is 0.214. The molecule has 0 aliphatic carbocycles. The Morgan fingerprint density at radius 3 is 2.65 bits per heavy atom. The molecular formula is C14H17N5O. The molecule has 0 aliphatic heterocycles. The van der Waals surface area contributed by atoms with Gasteiger partial charge in [0, 0.05) is 6.42 Å². The van der Waals surface area contributed by atoms with Gasteiger partial charge in [0.2, 0.25) is 5.95 Å². The molecule has 0 aliphatic rings. The van der Waals surface area contributed by atoms with Crippen LogP contribution in [0.4, 0.5) is 5.95 Å². The smallest absolute Gasteiger partial charge is 0.275 e. The van der Waals surface area contributed by atoms with Gasteiger partial charge in [0.05, 0.1) is 12.2 Å². The van der Waals surface area contributed by atoms with Gasteiger partial charge < -0.3 is 0 Å². The van der Waals surface area contributed by atoms with Crippen LogP contribution in [0.3, 0.4) is 0 Å². The number of para-hydroxylation sites is 1. The second-order valence-corrected chi connectivity index (χ2v) is 4.19. The topological polar surface area (TPSA) is 77.0 Å². The Bertz CT molecular complexity index is 650. The van der Waals surface area contributed by atoms with Crippen molar-refractivity contribution in [1.82, 2.24) is 14.5 Å². The van der Waals surface area contributed by atoms with Crippen molar-refractivity contribution in [3.63, 3.8) is 0 Å². The number of anilines is 1. The SMILES string of the molecule is C=CCN(N)c1nc(CC)n(-c2ccccc2)c(=O)n1. The number of benzene rings is 1. The summed E-state index contributed by atoms with van der Waals surface area (Å²) >= 11 is 0. The van der Waals surface area contributed by atoms with Crippen LogP contribution in [0.5, 0.6) is 0 Å². The number of aryl methyl sites for hydroxylation is 1. The molecule has 6 heteroatoms. The average Bonchev–Trinajstić information content (AvgIpc) is 2.47. The summed E-state index contributed by atoms with van der Waals surface area (Å²) in [7, 11) is 0. The Balaban J connectivity index is 2.55. The standard InChI is InChI=1S/C14H17N5O/c1-3-10-18(15)13-16-12(4-2)19(14(20)17-13)11-8-6-5-7-9-11/h3,5-9H,1,4,10,15H2,2H3. The van der Waals surface area contributed by atoms with E-state index in [2.05, 4.69) is 16.5 Å². The van der Waals surface area contributed by atoms with Crippen molar-refractivity contribution < 1.29 is 0 Å². The number of aromatic nitrogens is 3. The molecule has 0 unspecified atom stereocenters. The molecule has 1 aromatic heterocycles. The van der Waals surface area contributed by atoms with Crippen molar-refractivity contribution in [2.75, 3.05) is 11.6 Å². The minimum Gasteiger partial charge on any atom is -0.275 e. The third kappa shape index (κ3) is 2.75. The van der Waals surface area contributed by atoms with E-state index < -0.39 is 5.69 Å². The molecule has 0 saturated heterocycles. The van der Waals surface area contributed by atoms with Gasteiger partial charge in [-0.3, -0.25) is 5.01 Å². The molecule has 104 valence electrons. The quantitative estimate of drug-likeness (QED) is 0.500. The maximum atomic E-state index is 12.2. The number of hydrogen-bond donors (Lipinski definition) is 1. The first kappa shape index (κ1) is 14.0. The summed E-state index contributed by atoms with van der Waals surface area (Å²) in [6.07, 6.45) is 2.22. The first-order valence-corrected chi connectivity index (χ1v) is 6.36. The second kappa shape index (κ2) is 6.12. The summed E-state index contributed by atoms with van der Waals surface area (Å²) in [5, 5.41) is 1.29. The van der Waals surface area contributed by atoms with Crippen LogP contribution in [0.15, 0.2) is 47.8 Å². The van der Waals surface area contributed by atoms with Crippen LogP contribution in [0.25, 0.3) is 5.69 Å². The van der Waals surface area contributed by atoms with Crippen molar-refractivity contribution in [2.45, 2.75) is 13.3 Å². The van der Waals surface area contributed by atoms with E-state index in [4.69, 9.17) is 5.84 Å². The summed E-state index contributed by atoms with van der Waals surface area (Å²) < 4.78 is 1.49. The predicted molar refractivity (Wildman–Crippen MR) is 78.7 cm³/mol. The molecule has 0 fully saturated rings. The summed E-state index contributed by atoms with van der Waals surface area (Å²) in [5.74, 6) is 6.60. The maximum Gasteiger partial charge on any atom is 0.356 e. The van der Waals surface area contributed by atoms with Crippen LogP contribution in [0, 0.1) is 0 Å². The summed E-state index contributed by atoms with van der Waals surface area (Å²) in [6.45, 7) is 5.90. The van der Waals surface area contributed by atoms with Gasteiger partial charge in [-0.1, -0.05) is 31.2 Å². The number of nitrogens with zero attached hydrogens (tertiary/aromatic N) is 4. The van der Waals surface area contributed by atoms with E-state index in [9.17, 15) is 4.79 Å². The molecule has 2 aromatic rings. The van der Waals surface area contributed by atoms with Crippen molar-refractivity contribution in [2.24, 2.45) is 5.84 Å². The van der Waals surface area contributed by atoms with E-state index in [-0.39, 0.29) is 5.95 Å². The Labute approximate surface area is 117 Å². The van der Waals surface area contributed by atoms with Gasteiger partial charge >= 0.3 is 5.69 Å². The number of hydrazine groups is 1. The zero-order valence-electron chi connectivity index (χ0n) is 11.4. The van der Waals surface area contributed by atoms with Gasteiger partial charge in [0.1, 0.15) is 5.82 Å². The highest BCUT2D eigenvalue weighted by molar-refractivity contribution is 5.35. The molecule has 0 spiro atoms. The highest BCUT2D eigenvalue weighted by atomic mass is 16.1. The lowest BCUT2D eigenvalue weighted by atomic mass is 10.3. The highest BCUT2D eigenvalue weighted by Gasteiger charge is 2.12. The van der Waals surface area contributed by atoms with E-state index in [0.717, 1.165) is 5.69 Å². The van der Waals surface area contributed by atoms with Gasteiger partial charge in [0.15, 0.2) is 0 Å². The first-order chi connectivity index (χ1) is 9.67. The molecule has 2 rings (SSSR count). The molecule has 0 bridgehead atoms. The molecule has 1 aromatic carbocycles. The third-order valence-corrected chi connectivity index (χ3v) is 2.79. The largest absolute Gasteiger partial charge is 0.356 e. The zero-order valence-corrected chi connectivity index (χ0v) is 11.4. The van der Waals surface area contributed by atoms with E-state index in [1.165, 1.54) is 9.58 Å². The normalized spacial score (nSPS) is 10.3. The molecule has 0 amide bonds. The van der Waals surface area contributed by atoms with Gasteiger partial charge in [0.25, 0.3) is 0 Å². The predicted octanol–water partition coefficient (Wildman–Crippen LogP) is 1.06. The molecule has 0 saturated carbocycles. The zero-order chi connectivity index (χ0) is 14.5. The molecule has 0 atom stereocenters. The van der Waals surface area contributed by atoms with E-state index in [0.29, 0.717) is 18.8 Å². The van der Waals surface area contributed by atoms with Crippen LogP contribution >= 0.6 is 0 Å². The lowest BCUT2D eigenvalue weighted by Crippen LogP contribution is -2.37. The number of hydrogen-bond acceptors (Lipinski definition) is 5. The van der Waals surface area contributed by atoms with Gasteiger partial charge in [-0.25, -0.2) is 15.2 Å². The fourth-order valence-corrected chi connectivity index (χ4v) is 1.86. The Morgan fingerprint density at radius 1 is 1.35 bits per heavy atom. The molecular weight excluding hydrogens is 254 g/mol. The van der Waals surface area contributed by atoms with Crippen molar-refractivity contribution in [3.05, 3.63) is 59.3 Å². The number of rotatable bonds is 5. The molecule has 0 radical (unpaired) electrons. The minimum atomic E-state index is -0.391. The Kier molecular flexibility index (Phi) is 4.27. The lowest BCUT2D eigenvalue weighted by molar-refractivity contribution is 0.740. The maximum absolute atomic E-state index is 12.2. The molecule has 2 N–H and O–H groups in total. The highest BCUT2D eigenvalue weighted by Crippen LogP contribution is 2.09.